The number of nitrogens with zero attached hydrogens (tertiary/aromatic N) is 1. The van der Waals surface area contributed by atoms with Crippen molar-refractivity contribution < 1.29 is 19.8 Å². The molecule has 1 aliphatic carbocycles. The van der Waals surface area contributed by atoms with Gasteiger partial charge in [-0.2, -0.15) is 0 Å². The Bertz CT molecular complexity index is 1360. The minimum Gasteiger partial charge on any atom is -0.508 e. The number of ketones is 2. The summed E-state index contributed by atoms with van der Waals surface area (Å²) in [4.78, 5) is 29.2. The number of aromatic nitrogens is 2. The molecule has 4 aromatic rings. The molecule has 1 aliphatic heterocycles. The zero-order valence-corrected chi connectivity index (χ0v) is 16.1. The van der Waals surface area contributed by atoms with E-state index in [0.717, 1.165) is 38.5 Å². The second kappa shape index (κ2) is 6.06. The summed E-state index contributed by atoms with van der Waals surface area (Å²) >= 11 is 0. The van der Waals surface area contributed by atoms with Gasteiger partial charge in [-0.15, -0.1) is 0 Å². The van der Waals surface area contributed by atoms with Gasteiger partial charge < -0.3 is 19.8 Å². The molecule has 2 aromatic carbocycles. The van der Waals surface area contributed by atoms with E-state index in [2.05, 4.69) is 9.55 Å². The number of nitrogens with one attached hydrogen (secondary N) is 1. The molecule has 3 heterocycles. The summed E-state index contributed by atoms with van der Waals surface area (Å²) in [7, 11) is 0. The number of aromatic amines is 1. The molecule has 6 nitrogen and oxygen atoms in total. The Morgan fingerprint density at radius 3 is 2.60 bits per heavy atom. The van der Waals surface area contributed by atoms with Crippen LogP contribution in [0.3, 0.4) is 0 Å². The third-order valence-corrected chi connectivity index (χ3v) is 6.71. The van der Waals surface area contributed by atoms with E-state index >= 15 is 0 Å². The molecule has 0 amide bonds. The molecular weight excluding hydrogens is 380 g/mol. The Kier molecular flexibility index (Phi) is 3.53. The summed E-state index contributed by atoms with van der Waals surface area (Å²) in [6.07, 6.45) is 3.82. The SMILES string of the molecule is O=C1CC(=O)[C@@H](c2cn3c4c(cccc24)C(O)CC3)[C@@H]1c1c[nH]c2cc(O)ccc12. The quantitative estimate of drug-likeness (QED) is 0.448. The Morgan fingerprint density at radius 2 is 1.77 bits per heavy atom. The van der Waals surface area contributed by atoms with Gasteiger partial charge >= 0.3 is 0 Å². The number of aliphatic hydroxyl groups excluding tert-OH is 1. The fourth-order valence-corrected chi connectivity index (χ4v) is 5.39. The Balaban J connectivity index is 1.57. The van der Waals surface area contributed by atoms with E-state index in [9.17, 15) is 19.8 Å². The van der Waals surface area contributed by atoms with E-state index in [-0.39, 0.29) is 23.7 Å². The number of fused-ring (bicyclic) bond motifs is 1. The summed E-state index contributed by atoms with van der Waals surface area (Å²) in [6, 6.07) is 10.8. The highest BCUT2D eigenvalue weighted by atomic mass is 16.3. The first-order valence-electron chi connectivity index (χ1n) is 10.2. The van der Waals surface area contributed by atoms with E-state index < -0.39 is 17.9 Å². The molecular formula is C24H20N2O4. The number of para-hydroxylation sites is 1. The van der Waals surface area contributed by atoms with Crippen LogP contribution in [0.1, 0.15) is 47.5 Å². The third-order valence-electron chi connectivity index (χ3n) is 6.71. The lowest BCUT2D eigenvalue weighted by molar-refractivity contribution is -0.122. The lowest BCUT2D eigenvalue weighted by Crippen LogP contribution is -2.14. The van der Waals surface area contributed by atoms with Crippen LogP contribution in [0.4, 0.5) is 0 Å². The van der Waals surface area contributed by atoms with Gasteiger partial charge in [0, 0.05) is 46.9 Å². The van der Waals surface area contributed by atoms with Gasteiger partial charge in [0.25, 0.3) is 0 Å². The van der Waals surface area contributed by atoms with Crippen molar-refractivity contribution in [2.24, 2.45) is 0 Å². The monoisotopic (exact) mass is 400 g/mol. The number of rotatable bonds is 2. The van der Waals surface area contributed by atoms with Crippen molar-refractivity contribution in [3.8, 4) is 5.75 Å². The molecule has 0 bridgehead atoms. The van der Waals surface area contributed by atoms with E-state index in [1.165, 1.54) is 0 Å². The van der Waals surface area contributed by atoms with Crippen LogP contribution in [0.15, 0.2) is 48.8 Å². The smallest absolute Gasteiger partial charge is 0.148 e. The molecule has 0 saturated heterocycles. The molecule has 6 rings (SSSR count). The molecule has 150 valence electrons. The lowest BCUT2D eigenvalue weighted by atomic mass is 9.82. The number of phenolic OH excluding ortho intramolecular Hbond substituents is 1. The van der Waals surface area contributed by atoms with Gasteiger partial charge in [0.05, 0.1) is 29.9 Å². The van der Waals surface area contributed by atoms with Gasteiger partial charge in [-0.05, 0) is 29.7 Å². The van der Waals surface area contributed by atoms with E-state index in [4.69, 9.17) is 0 Å². The van der Waals surface area contributed by atoms with Crippen molar-refractivity contribution in [3.05, 3.63) is 65.5 Å². The maximum atomic E-state index is 13.1. The van der Waals surface area contributed by atoms with Crippen LogP contribution in [0.5, 0.6) is 5.75 Å². The predicted molar refractivity (Wildman–Crippen MR) is 112 cm³/mol. The first-order valence-corrected chi connectivity index (χ1v) is 10.2. The number of aryl methyl sites for hydroxylation is 1. The number of H-pyrrole nitrogens is 1. The normalized spacial score (nSPS) is 23.7. The summed E-state index contributed by atoms with van der Waals surface area (Å²) in [5, 5.41) is 22.0. The fourth-order valence-electron chi connectivity index (χ4n) is 5.39. The maximum Gasteiger partial charge on any atom is 0.148 e. The Morgan fingerprint density at radius 1 is 0.967 bits per heavy atom. The van der Waals surface area contributed by atoms with Gasteiger partial charge in [0.1, 0.15) is 17.3 Å². The standard InChI is InChI=1S/C24H20N2O4/c27-12-4-5-13-16(10-25-18(13)8-12)22-20(29)9-21(30)23(22)17-11-26-7-6-19(28)15-3-1-2-14(17)24(15)26/h1-5,8,10-11,19,22-23,25,27-28H,6-7,9H2/t19?,22-,23-/m1/s1. The molecule has 1 saturated carbocycles. The molecule has 3 atom stereocenters. The first kappa shape index (κ1) is 17.5. The van der Waals surface area contributed by atoms with Crippen LogP contribution in [0.25, 0.3) is 21.8 Å². The van der Waals surface area contributed by atoms with Gasteiger partial charge in [-0.25, -0.2) is 0 Å². The number of carbonyl (C=O) groups excluding carboxylic acids is 2. The second-order valence-corrected chi connectivity index (χ2v) is 8.36. The first-order chi connectivity index (χ1) is 14.5. The van der Waals surface area contributed by atoms with Crippen LogP contribution < -0.4 is 0 Å². The lowest BCUT2D eigenvalue weighted by Gasteiger charge is -2.20. The molecule has 1 fully saturated rings. The van der Waals surface area contributed by atoms with Crippen LogP contribution >= 0.6 is 0 Å². The number of carbonyl (C=O) groups is 2. The van der Waals surface area contributed by atoms with E-state index in [0.29, 0.717) is 13.0 Å². The second-order valence-electron chi connectivity index (χ2n) is 8.36. The molecule has 1 unspecified atom stereocenters. The van der Waals surface area contributed by atoms with Crippen LogP contribution in [-0.2, 0) is 16.1 Å². The van der Waals surface area contributed by atoms with Gasteiger partial charge in [-0.3, -0.25) is 9.59 Å². The Hall–Kier alpha value is -3.38. The van der Waals surface area contributed by atoms with Crippen LogP contribution in [0.2, 0.25) is 0 Å². The molecule has 6 heteroatoms. The van der Waals surface area contributed by atoms with Crippen LogP contribution in [0, 0.1) is 0 Å². The number of hydrogen-bond donors (Lipinski definition) is 3. The highest BCUT2D eigenvalue weighted by Crippen LogP contribution is 2.47. The summed E-state index contributed by atoms with van der Waals surface area (Å²) in [5.41, 5.74) is 4.22. The minimum absolute atomic E-state index is 0.0672. The maximum absolute atomic E-state index is 13.1. The van der Waals surface area contributed by atoms with Crippen LogP contribution in [-0.4, -0.2) is 31.3 Å². The molecule has 2 aromatic heterocycles. The van der Waals surface area contributed by atoms with Crippen molar-refractivity contribution in [3.63, 3.8) is 0 Å². The van der Waals surface area contributed by atoms with Crippen molar-refractivity contribution in [2.45, 2.75) is 37.3 Å². The summed E-state index contributed by atoms with van der Waals surface area (Å²) in [5.74, 6) is -1.12. The summed E-state index contributed by atoms with van der Waals surface area (Å²) < 4.78 is 2.10. The van der Waals surface area contributed by atoms with Crippen molar-refractivity contribution >= 4 is 33.4 Å². The number of phenols is 1. The highest BCUT2D eigenvalue weighted by Gasteiger charge is 2.45. The largest absolute Gasteiger partial charge is 0.508 e. The van der Waals surface area contributed by atoms with Gasteiger partial charge in [0.15, 0.2) is 0 Å². The predicted octanol–water partition coefficient (Wildman–Crippen LogP) is 3.67. The third kappa shape index (κ3) is 2.28. The topological polar surface area (TPSA) is 95.3 Å². The van der Waals surface area contributed by atoms with Crippen molar-refractivity contribution in [1.29, 1.82) is 0 Å². The fraction of sp³-hybridized carbons (Fsp3) is 0.250. The van der Waals surface area contributed by atoms with Crippen molar-refractivity contribution in [1.82, 2.24) is 9.55 Å². The Labute approximate surface area is 171 Å². The average molecular weight is 400 g/mol. The molecule has 0 radical (unpaired) electrons. The minimum atomic E-state index is -0.566. The number of benzene rings is 2. The summed E-state index contributed by atoms with van der Waals surface area (Å²) in [6.45, 7) is 0.681. The molecule has 3 N–H and O–H groups in total. The highest BCUT2D eigenvalue weighted by molar-refractivity contribution is 6.16. The van der Waals surface area contributed by atoms with E-state index in [1.54, 1.807) is 24.4 Å². The van der Waals surface area contributed by atoms with Gasteiger partial charge in [-0.1, -0.05) is 18.2 Å². The molecule has 0 spiro atoms. The number of aliphatic hydroxyl groups is 1. The zero-order chi connectivity index (χ0) is 20.6. The average Bonchev–Trinajstić information content (AvgIpc) is 3.38. The number of hydrogen-bond acceptors (Lipinski definition) is 4. The van der Waals surface area contributed by atoms with Gasteiger partial charge in [0.2, 0.25) is 0 Å². The molecule has 2 aliphatic rings. The zero-order valence-electron chi connectivity index (χ0n) is 16.1. The molecule has 30 heavy (non-hydrogen) atoms. The van der Waals surface area contributed by atoms with E-state index in [1.807, 2.05) is 24.4 Å². The number of Topliss-reactive ketones (excluding diaryl/α,β-unsaturated/α-hetero) is 2. The number of aromatic hydroxyl groups is 1. The van der Waals surface area contributed by atoms with Crippen molar-refractivity contribution in [2.75, 3.05) is 0 Å².